The van der Waals surface area contributed by atoms with E-state index in [4.69, 9.17) is 0 Å². The van der Waals surface area contributed by atoms with Gasteiger partial charge in [0.25, 0.3) is 5.91 Å². The molecule has 2 aromatic carbocycles. The molecule has 0 bridgehead atoms. The number of aromatic nitrogens is 1. The lowest BCUT2D eigenvalue weighted by Crippen LogP contribution is -2.25. The zero-order valence-electron chi connectivity index (χ0n) is 13.3. The Morgan fingerprint density at radius 1 is 1.21 bits per heavy atom. The summed E-state index contributed by atoms with van der Waals surface area (Å²) in [5.74, 6) is -0.0587. The highest BCUT2D eigenvalue weighted by molar-refractivity contribution is 9.10. The van der Waals surface area contributed by atoms with Crippen LogP contribution < -0.4 is 5.32 Å². The molecule has 0 atom stereocenters. The molecule has 0 aliphatic heterocycles. The molecule has 1 amide bonds. The molecule has 3 rings (SSSR count). The highest BCUT2D eigenvalue weighted by Gasteiger charge is 2.07. The van der Waals surface area contributed by atoms with Crippen molar-refractivity contribution in [3.63, 3.8) is 0 Å². The van der Waals surface area contributed by atoms with Crippen molar-refractivity contribution in [3.8, 4) is 10.6 Å². The maximum atomic E-state index is 12.1. The third-order valence-electron chi connectivity index (χ3n) is 3.59. The third-order valence-corrected chi connectivity index (χ3v) is 5.06. The predicted molar refractivity (Wildman–Crippen MR) is 102 cm³/mol. The van der Waals surface area contributed by atoms with Gasteiger partial charge in [0.15, 0.2) is 0 Å². The Labute approximate surface area is 153 Å². The lowest BCUT2D eigenvalue weighted by molar-refractivity contribution is 0.0954. The smallest absolute Gasteiger partial charge is 0.251 e. The molecule has 0 unspecified atom stereocenters. The van der Waals surface area contributed by atoms with E-state index in [1.54, 1.807) is 23.5 Å². The number of amides is 1. The summed E-state index contributed by atoms with van der Waals surface area (Å²) in [6.07, 6.45) is 0.727. The average molecular weight is 401 g/mol. The van der Waals surface area contributed by atoms with Crippen LogP contribution in [0.2, 0.25) is 0 Å². The van der Waals surface area contributed by atoms with Gasteiger partial charge in [-0.2, -0.15) is 0 Å². The van der Waals surface area contributed by atoms with Gasteiger partial charge in [-0.15, -0.1) is 11.3 Å². The van der Waals surface area contributed by atoms with Gasteiger partial charge in [-0.25, -0.2) is 4.98 Å². The van der Waals surface area contributed by atoms with Crippen molar-refractivity contribution in [1.29, 1.82) is 0 Å². The SMILES string of the molecule is Cc1cccc(-c2nc(CCNC(=O)c3ccc(Br)cc3)cs2)c1. The van der Waals surface area contributed by atoms with Crippen LogP contribution in [0.5, 0.6) is 0 Å². The fourth-order valence-electron chi connectivity index (χ4n) is 2.34. The number of benzene rings is 2. The third kappa shape index (κ3) is 4.30. The Morgan fingerprint density at radius 2 is 2.00 bits per heavy atom. The zero-order chi connectivity index (χ0) is 16.9. The molecule has 1 heterocycles. The maximum absolute atomic E-state index is 12.1. The minimum Gasteiger partial charge on any atom is -0.352 e. The maximum Gasteiger partial charge on any atom is 0.251 e. The second kappa shape index (κ2) is 7.73. The summed E-state index contributed by atoms with van der Waals surface area (Å²) in [5, 5.41) is 6.02. The molecule has 0 fully saturated rings. The molecule has 3 aromatic rings. The van der Waals surface area contributed by atoms with Crippen LogP contribution in [0.3, 0.4) is 0 Å². The molecule has 0 saturated heterocycles. The zero-order valence-corrected chi connectivity index (χ0v) is 15.7. The molecule has 3 nitrogen and oxygen atoms in total. The van der Waals surface area contributed by atoms with Gasteiger partial charge in [0.2, 0.25) is 0 Å². The summed E-state index contributed by atoms with van der Waals surface area (Å²) in [7, 11) is 0. The van der Waals surface area contributed by atoms with E-state index in [9.17, 15) is 4.79 Å². The Morgan fingerprint density at radius 3 is 2.75 bits per heavy atom. The van der Waals surface area contributed by atoms with Crippen molar-refractivity contribution in [1.82, 2.24) is 10.3 Å². The topological polar surface area (TPSA) is 42.0 Å². The van der Waals surface area contributed by atoms with E-state index >= 15 is 0 Å². The molecule has 0 aliphatic carbocycles. The molecule has 122 valence electrons. The van der Waals surface area contributed by atoms with Crippen molar-refractivity contribution < 1.29 is 4.79 Å². The van der Waals surface area contributed by atoms with Crippen LogP contribution in [0.25, 0.3) is 10.6 Å². The number of nitrogens with one attached hydrogen (secondary N) is 1. The number of carbonyl (C=O) groups excluding carboxylic acids is 1. The van der Waals surface area contributed by atoms with E-state index in [-0.39, 0.29) is 5.91 Å². The number of halogens is 1. The highest BCUT2D eigenvalue weighted by Crippen LogP contribution is 2.24. The van der Waals surface area contributed by atoms with Gasteiger partial charge in [0.1, 0.15) is 5.01 Å². The van der Waals surface area contributed by atoms with Crippen LogP contribution in [-0.2, 0) is 6.42 Å². The van der Waals surface area contributed by atoms with Crippen LogP contribution in [-0.4, -0.2) is 17.4 Å². The Kier molecular flexibility index (Phi) is 5.43. The highest BCUT2D eigenvalue weighted by atomic mass is 79.9. The van der Waals surface area contributed by atoms with Gasteiger partial charge in [0, 0.05) is 33.9 Å². The average Bonchev–Trinajstić information content (AvgIpc) is 3.04. The van der Waals surface area contributed by atoms with Crippen LogP contribution in [0.15, 0.2) is 58.4 Å². The van der Waals surface area contributed by atoms with Crippen LogP contribution in [0.4, 0.5) is 0 Å². The van der Waals surface area contributed by atoms with Crippen molar-refractivity contribution in [3.05, 3.63) is 75.2 Å². The number of hydrogen-bond acceptors (Lipinski definition) is 3. The van der Waals surface area contributed by atoms with Crippen molar-refractivity contribution in [2.24, 2.45) is 0 Å². The Bertz CT molecular complexity index is 843. The molecule has 0 aliphatic rings. The quantitative estimate of drug-likeness (QED) is 0.664. The normalized spacial score (nSPS) is 10.6. The minimum atomic E-state index is -0.0587. The Balaban J connectivity index is 1.56. The van der Waals surface area contributed by atoms with Gasteiger partial charge in [0.05, 0.1) is 5.69 Å². The summed E-state index contributed by atoms with van der Waals surface area (Å²) in [5.41, 5.74) is 4.04. The van der Waals surface area contributed by atoms with Gasteiger partial charge in [-0.3, -0.25) is 4.79 Å². The number of rotatable bonds is 5. The number of thiazole rings is 1. The van der Waals surface area contributed by atoms with Crippen LogP contribution in [0.1, 0.15) is 21.6 Å². The van der Waals surface area contributed by atoms with Crippen molar-refractivity contribution in [2.75, 3.05) is 6.54 Å². The fourth-order valence-corrected chi connectivity index (χ4v) is 3.46. The van der Waals surface area contributed by atoms with Crippen molar-refractivity contribution >= 4 is 33.2 Å². The fraction of sp³-hybridized carbons (Fsp3) is 0.158. The lowest BCUT2D eigenvalue weighted by Gasteiger charge is -2.04. The molecule has 1 N–H and O–H groups in total. The van der Waals surface area contributed by atoms with Crippen LogP contribution in [0, 0.1) is 6.92 Å². The predicted octanol–water partition coefficient (Wildman–Crippen LogP) is 4.85. The molecular weight excluding hydrogens is 384 g/mol. The first-order chi connectivity index (χ1) is 11.6. The van der Waals surface area contributed by atoms with E-state index in [0.29, 0.717) is 12.1 Å². The second-order valence-corrected chi connectivity index (χ2v) is 7.30. The standard InChI is InChI=1S/C19H17BrN2OS/c1-13-3-2-4-15(11-13)19-22-17(12-24-19)9-10-21-18(23)14-5-7-16(20)8-6-14/h2-8,11-12H,9-10H2,1H3,(H,21,23). The summed E-state index contributed by atoms with van der Waals surface area (Å²) in [6, 6.07) is 15.7. The summed E-state index contributed by atoms with van der Waals surface area (Å²) in [4.78, 5) is 16.7. The number of carbonyl (C=O) groups is 1. The second-order valence-electron chi connectivity index (χ2n) is 5.53. The van der Waals surface area contributed by atoms with Gasteiger partial charge in [-0.05, 0) is 37.3 Å². The first kappa shape index (κ1) is 16.9. The van der Waals surface area contributed by atoms with Crippen molar-refractivity contribution in [2.45, 2.75) is 13.3 Å². The Hall–Kier alpha value is -1.98. The first-order valence-corrected chi connectivity index (χ1v) is 9.34. The van der Waals surface area contributed by atoms with E-state index in [1.807, 2.05) is 18.2 Å². The summed E-state index contributed by atoms with van der Waals surface area (Å²) >= 11 is 5.00. The molecule has 24 heavy (non-hydrogen) atoms. The van der Waals surface area contributed by atoms with Gasteiger partial charge < -0.3 is 5.32 Å². The molecule has 5 heteroatoms. The lowest BCUT2D eigenvalue weighted by atomic mass is 10.1. The molecule has 0 spiro atoms. The van der Waals surface area contributed by atoms with E-state index in [2.05, 4.69) is 56.7 Å². The summed E-state index contributed by atoms with van der Waals surface area (Å²) in [6.45, 7) is 2.65. The van der Waals surface area contributed by atoms with Gasteiger partial charge >= 0.3 is 0 Å². The number of hydrogen-bond donors (Lipinski definition) is 1. The monoisotopic (exact) mass is 400 g/mol. The number of nitrogens with zero attached hydrogens (tertiary/aromatic N) is 1. The first-order valence-electron chi connectivity index (χ1n) is 7.67. The minimum absolute atomic E-state index is 0.0587. The molecule has 0 radical (unpaired) electrons. The summed E-state index contributed by atoms with van der Waals surface area (Å²) < 4.78 is 0.963. The van der Waals surface area contributed by atoms with E-state index < -0.39 is 0 Å². The largest absolute Gasteiger partial charge is 0.352 e. The van der Waals surface area contributed by atoms with Gasteiger partial charge in [-0.1, -0.05) is 39.7 Å². The van der Waals surface area contributed by atoms with E-state index in [1.165, 1.54) is 5.56 Å². The molecule has 0 saturated carbocycles. The molecule has 1 aromatic heterocycles. The number of aryl methyl sites for hydroxylation is 1. The van der Waals surface area contributed by atoms with E-state index in [0.717, 1.165) is 27.2 Å². The van der Waals surface area contributed by atoms with Crippen LogP contribution >= 0.6 is 27.3 Å². The molecular formula is C19H17BrN2OS.